The Morgan fingerprint density at radius 3 is 1.90 bits per heavy atom. The zero-order chi connectivity index (χ0) is 15.8. The van der Waals surface area contributed by atoms with Crippen LogP contribution in [0.5, 0.6) is 0 Å². The van der Waals surface area contributed by atoms with Crippen LogP contribution in [-0.2, 0) is 16.0 Å². The minimum atomic E-state index is -4.41. The fourth-order valence-electron chi connectivity index (χ4n) is 2.00. The summed E-state index contributed by atoms with van der Waals surface area (Å²) in [6.07, 6.45) is -3.33. The van der Waals surface area contributed by atoms with Gasteiger partial charge in [-0.3, -0.25) is 0 Å². The summed E-state index contributed by atoms with van der Waals surface area (Å²) in [6, 6.07) is 9.84. The van der Waals surface area contributed by atoms with Crippen LogP contribution in [0.4, 0.5) is 13.2 Å². The number of benzene rings is 2. The third kappa shape index (κ3) is 3.44. The van der Waals surface area contributed by atoms with Crippen molar-refractivity contribution in [3.05, 3.63) is 53.6 Å². The normalized spacial score (nSPS) is 12.4. The van der Waals surface area contributed by atoms with Crippen LogP contribution in [0.15, 0.2) is 47.4 Å². The van der Waals surface area contributed by atoms with Gasteiger partial charge < -0.3 is 0 Å². The predicted molar refractivity (Wildman–Crippen MR) is 74.7 cm³/mol. The molecule has 0 saturated carbocycles. The molecule has 2 aromatic rings. The van der Waals surface area contributed by atoms with Crippen LogP contribution < -0.4 is 0 Å². The molecular weight excluding hydrogens is 301 g/mol. The lowest BCUT2D eigenvalue weighted by Gasteiger charge is -2.12. The molecule has 21 heavy (non-hydrogen) atoms. The van der Waals surface area contributed by atoms with E-state index >= 15 is 0 Å². The quantitative estimate of drug-likeness (QED) is 0.837. The van der Waals surface area contributed by atoms with Gasteiger partial charge in [-0.2, -0.15) is 13.2 Å². The summed E-state index contributed by atoms with van der Waals surface area (Å²) < 4.78 is 61.4. The van der Waals surface area contributed by atoms with E-state index in [0.29, 0.717) is 11.1 Å². The highest BCUT2D eigenvalue weighted by Gasteiger charge is 2.32. The highest BCUT2D eigenvalue weighted by molar-refractivity contribution is 7.90. The van der Waals surface area contributed by atoms with E-state index in [1.165, 1.54) is 37.3 Å². The molecule has 0 spiro atoms. The van der Waals surface area contributed by atoms with Gasteiger partial charge in [-0.25, -0.2) is 8.42 Å². The molecule has 2 nitrogen and oxygen atoms in total. The molecule has 0 amide bonds. The lowest BCUT2D eigenvalue weighted by atomic mass is 9.99. The van der Waals surface area contributed by atoms with Gasteiger partial charge in [0.05, 0.1) is 10.5 Å². The molecule has 0 radical (unpaired) electrons. The zero-order valence-electron chi connectivity index (χ0n) is 11.4. The molecule has 0 saturated heterocycles. The maximum Gasteiger partial charge on any atom is 0.416 e. The molecule has 0 aliphatic rings. The van der Waals surface area contributed by atoms with Crippen LogP contribution >= 0.6 is 0 Å². The lowest BCUT2D eigenvalue weighted by Crippen LogP contribution is -2.07. The van der Waals surface area contributed by atoms with Crippen molar-refractivity contribution in [3.8, 4) is 11.1 Å². The van der Waals surface area contributed by atoms with Gasteiger partial charge in [0.15, 0.2) is 9.84 Å². The van der Waals surface area contributed by atoms with Gasteiger partial charge in [0.2, 0.25) is 0 Å². The topological polar surface area (TPSA) is 34.1 Å². The highest BCUT2D eigenvalue weighted by atomic mass is 32.2. The van der Waals surface area contributed by atoms with E-state index in [1.54, 1.807) is 6.07 Å². The fourth-order valence-corrected chi connectivity index (χ4v) is 2.63. The molecular formula is C15H13F3O2S. The molecule has 2 rings (SSSR count). The Morgan fingerprint density at radius 1 is 0.905 bits per heavy atom. The van der Waals surface area contributed by atoms with Crippen molar-refractivity contribution in [3.63, 3.8) is 0 Å². The standard InChI is InChI=1S/C15H13F3O2S/c1-10-3-4-12(9-14(10)15(16,17)18)11-5-7-13(8-6-11)21(2,19)20/h3-9H,1-2H3. The molecule has 0 aromatic heterocycles. The first-order chi connectivity index (χ1) is 9.59. The molecule has 0 N–H and O–H groups in total. The first-order valence-corrected chi connectivity index (χ1v) is 7.96. The highest BCUT2D eigenvalue weighted by Crippen LogP contribution is 2.34. The van der Waals surface area contributed by atoms with E-state index in [0.717, 1.165) is 12.3 Å². The monoisotopic (exact) mass is 314 g/mol. The van der Waals surface area contributed by atoms with Crippen molar-refractivity contribution in [1.29, 1.82) is 0 Å². The Kier molecular flexibility index (Phi) is 3.84. The van der Waals surface area contributed by atoms with Crippen LogP contribution in [-0.4, -0.2) is 14.7 Å². The van der Waals surface area contributed by atoms with E-state index < -0.39 is 21.6 Å². The molecule has 0 fully saturated rings. The van der Waals surface area contributed by atoms with E-state index in [4.69, 9.17) is 0 Å². The van der Waals surface area contributed by atoms with Crippen molar-refractivity contribution >= 4 is 9.84 Å². The molecule has 2 aromatic carbocycles. The summed E-state index contributed by atoms with van der Waals surface area (Å²) >= 11 is 0. The number of sulfone groups is 1. The Labute approximate surface area is 121 Å². The van der Waals surface area contributed by atoms with Crippen LogP contribution in [0.25, 0.3) is 11.1 Å². The molecule has 0 heterocycles. The molecule has 0 unspecified atom stereocenters. The average molecular weight is 314 g/mol. The summed E-state index contributed by atoms with van der Waals surface area (Å²) in [4.78, 5) is 0.134. The third-order valence-corrected chi connectivity index (χ3v) is 4.29. The number of halogens is 3. The Balaban J connectivity index is 2.48. The smallest absolute Gasteiger partial charge is 0.224 e. The number of aryl methyl sites for hydroxylation is 1. The van der Waals surface area contributed by atoms with Crippen LogP contribution in [0.2, 0.25) is 0 Å². The molecule has 0 atom stereocenters. The minimum Gasteiger partial charge on any atom is -0.224 e. The largest absolute Gasteiger partial charge is 0.416 e. The van der Waals surface area contributed by atoms with Gasteiger partial charge >= 0.3 is 6.18 Å². The van der Waals surface area contributed by atoms with Crippen LogP contribution in [0.1, 0.15) is 11.1 Å². The summed E-state index contributed by atoms with van der Waals surface area (Å²) in [6.45, 7) is 1.40. The van der Waals surface area contributed by atoms with Crippen molar-refractivity contribution in [2.45, 2.75) is 18.0 Å². The summed E-state index contributed by atoms with van der Waals surface area (Å²) in [5.74, 6) is 0. The zero-order valence-corrected chi connectivity index (χ0v) is 12.2. The molecule has 0 aliphatic carbocycles. The maximum absolute atomic E-state index is 12.9. The van der Waals surface area contributed by atoms with Crippen LogP contribution in [0.3, 0.4) is 0 Å². The number of hydrogen-bond donors (Lipinski definition) is 0. The average Bonchev–Trinajstić information content (AvgIpc) is 2.37. The predicted octanol–water partition coefficient (Wildman–Crippen LogP) is 4.08. The van der Waals surface area contributed by atoms with Gasteiger partial charge in [-0.1, -0.05) is 24.3 Å². The van der Waals surface area contributed by atoms with E-state index in [2.05, 4.69) is 0 Å². The summed E-state index contributed by atoms with van der Waals surface area (Å²) in [5.41, 5.74) is 0.395. The summed E-state index contributed by atoms with van der Waals surface area (Å²) in [7, 11) is -3.32. The SMILES string of the molecule is Cc1ccc(-c2ccc(S(C)(=O)=O)cc2)cc1C(F)(F)F. The lowest BCUT2D eigenvalue weighted by molar-refractivity contribution is -0.138. The van der Waals surface area contributed by atoms with Crippen LogP contribution in [0, 0.1) is 6.92 Å². The van der Waals surface area contributed by atoms with E-state index in [-0.39, 0.29) is 10.5 Å². The van der Waals surface area contributed by atoms with Gasteiger partial charge in [-0.05, 0) is 41.8 Å². The third-order valence-electron chi connectivity index (χ3n) is 3.16. The van der Waals surface area contributed by atoms with E-state index in [1.807, 2.05) is 0 Å². The minimum absolute atomic E-state index is 0.134. The second-order valence-corrected chi connectivity index (χ2v) is 6.84. The second-order valence-electron chi connectivity index (χ2n) is 4.82. The van der Waals surface area contributed by atoms with E-state index in [9.17, 15) is 21.6 Å². The second kappa shape index (κ2) is 5.18. The Morgan fingerprint density at radius 2 is 1.43 bits per heavy atom. The van der Waals surface area contributed by atoms with Gasteiger partial charge in [-0.15, -0.1) is 0 Å². The number of alkyl halides is 3. The van der Waals surface area contributed by atoms with Crippen molar-refractivity contribution < 1.29 is 21.6 Å². The molecule has 112 valence electrons. The molecule has 0 bridgehead atoms. The van der Waals surface area contributed by atoms with Gasteiger partial charge in [0.25, 0.3) is 0 Å². The van der Waals surface area contributed by atoms with Gasteiger partial charge in [0, 0.05) is 6.26 Å². The maximum atomic E-state index is 12.9. The van der Waals surface area contributed by atoms with Gasteiger partial charge in [0.1, 0.15) is 0 Å². The first kappa shape index (κ1) is 15.6. The molecule has 0 aliphatic heterocycles. The van der Waals surface area contributed by atoms with Crippen molar-refractivity contribution in [2.75, 3.05) is 6.26 Å². The molecule has 6 heteroatoms. The first-order valence-electron chi connectivity index (χ1n) is 6.07. The number of hydrogen-bond acceptors (Lipinski definition) is 2. The Bertz CT molecular complexity index is 760. The summed E-state index contributed by atoms with van der Waals surface area (Å²) in [5, 5.41) is 0. The fraction of sp³-hybridized carbons (Fsp3) is 0.200. The van der Waals surface area contributed by atoms with Crippen molar-refractivity contribution in [1.82, 2.24) is 0 Å². The number of rotatable bonds is 2. The Hall–Kier alpha value is -1.82. The van der Waals surface area contributed by atoms with Crippen molar-refractivity contribution in [2.24, 2.45) is 0 Å².